The first kappa shape index (κ1) is 10.4. The van der Waals surface area contributed by atoms with Crippen molar-refractivity contribution in [1.29, 1.82) is 0 Å². The molecule has 1 saturated heterocycles. The Bertz CT molecular complexity index is 182. The third kappa shape index (κ3) is 2.69. The standard InChI is InChI=1S/C11H21NO2/c13-6-5-12-4-3-11(14)10(8-12)7-9-1-2-9/h9-11,13-14H,1-8H2/t10-,11+/m1/s1. The van der Waals surface area contributed by atoms with Crippen molar-refractivity contribution >= 4 is 0 Å². The Balaban J connectivity index is 1.79. The summed E-state index contributed by atoms with van der Waals surface area (Å²) in [6.45, 7) is 2.95. The molecule has 3 nitrogen and oxygen atoms in total. The largest absolute Gasteiger partial charge is 0.395 e. The van der Waals surface area contributed by atoms with Crippen LogP contribution in [0.1, 0.15) is 25.7 Å². The lowest BCUT2D eigenvalue weighted by atomic mass is 9.90. The van der Waals surface area contributed by atoms with Crippen molar-refractivity contribution in [3.63, 3.8) is 0 Å². The molecule has 1 aliphatic heterocycles. The fourth-order valence-corrected chi connectivity index (χ4v) is 2.45. The van der Waals surface area contributed by atoms with Gasteiger partial charge in [0.05, 0.1) is 12.7 Å². The molecule has 0 aromatic heterocycles. The number of aliphatic hydroxyl groups is 2. The van der Waals surface area contributed by atoms with E-state index in [1.54, 1.807) is 0 Å². The lowest BCUT2D eigenvalue weighted by Crippen LogP contribution is -2.44. The summed E-state index contributed by atoms with van der Waals surface area (Å²) >= 11 is 0. The van der Waals surface area contributed by atoms with E-state index in [2.05, 4.69) is 4.90 Å². The van der Waals surface area contributed by atoms with Gasteiger partial charge in [-0.25, -0.2) is 0 Å². The SMILES string of the molecule is OCCN1CC[C@H](O)[C@H](CC2CC2)C1. The van der Waals surface area contributed by atoms with Crippen molar-refractivity contribution in [2.45, 2.75) is 31.8 Å². The Morgan fingerprint density at radius 1 is 1.21 bits per heavy atom. The summed E-state index contributed by atoms with van der Waals surface area (Å²) in [6, 6.07) is 0. The van der Waals surface area contributed by atoms with E-state index < -0.39 is 0 Å². The lowest BCUT2D eigenvalue weighted by molar-refractivity contribution is 0.0153. The molecular weight excluding hydrogens is 178 g/mol. The fraction of sp³-hybridized carbons (Fsp3) is 1.00. The monoisotopic (exact) mass is 199 g/mol. The second kappa shape index (κ2) is 4.60. The summed E-state index contributed by atoms with van der Waals surface area (Å²) in [6.07, 6.45) is 4.72. The van der Waals surface area contributed by atoms with Gasteiger partial charge in [0, 0.05) is 19.6 Å². The van der Waals surface area contributed by atoms with Crippen LogP contribution in [-0.2, 0) is 0 Å². The molecule has 2 N–H and O–H groups in total. The first-order valence-electron chi connectivity index (χ1n) is 5.81. The van der Waals surface area contributed by atoms with Gasteiger partial charge in [-0.1, -0.05) is 12.8 Å². The minimum atomic E-state index is -0.0921. The molecule has 3 heteroatoms. The van der Waals surface area contributed by atoms with Crippen LogP contribution in [0, 0.1) is 11.8 Å². The molecule has 1 saturated carbocycles. The Morgan fingerprint density at radius 3 is 2.64 bits per heavy atom. The molecule has 82 valence electrons. The average Bonchev–Trinajstić information content (AvgIpc) is 2.95. The van der Waals surface area contributed by atoms with Crippen molar-refractivity contribution in [3.05, 3.63) is 0 Å². The normalized spacial score (nSPS) is 34.7. The summed E-state index contributed by atoms with van der Waals surface area (Å²) in [4.78, 5) is 2.28. The van der Waals surface area contributed by atoms with E-state index in [4.69, 9.17) is 5.11 Å². The van der Waals surface area contributed by atoms with Crippen LogP contribution in [0.25, 0.3) is 0 Å². The van der Waals surface area contributed by atoms with Crippen molar-refractivity contribution < 1.29 is 10.2 Å². The number of nitrogens with zero attached hydrogens (tertiary/aromatic N) is 1. The van der Waals surface area contributed by atoms with E-state index in [1.165, 1.54) is 19.3 Å². The number of piperidine rings is 1. The molecule has 0 unspecified atom stereocenters. The smallest absolute Gasteiger partial charge is 0.0592 e. The fourth-order valence-electron chi connectivity index (χ4n) is 2.45. The molecule has 2 atom stereocenters. The second-order valence-electron chi connectivity index (χ2n) is 4.82. The predicted octanol–water partition coefficient (Wildman–Crippen LogP) is 0.462. The van der Waals surface area contributed by atoms with Gasteiger partial charge in [-0.3, -0.25) is 0 Å². The van der Waals surface area contributed by atoms with E-state index in [0.717, 1.165) is 32.0 Å². The maximum atomic E-state index is 9.84. The van der Waals surface area contributed by atoms with Gasteiger partial charge in [0.2, 0.25) is 0 Å². The zero-order valence-corrected chi connectivity index (χ0v) is 8.73. The first-order chi connectivity index (χ1) is 6.79. The predicted molar refractivity (Wildman–Crippen MR) is 55.0 cm³/mol. The maximum absolute atomic E-state index is 9.84. The summed E-state index contributed by atoms with van der Waals surface area (Å²) in [5.74, 6) is 1.35. The third-order valence-electron chi connectivity index (χ3n) is 3.53. The van der Waals surface area contributed by atoms with Gasteiger partial charge in [0.1, 0.15) is 0 Å². The highest BCUT2D eigenvalue weighted by Gasteiger charge is 2.32. The molecule has 0 spiro atoms. The topological polar surface area (TPSA) is 43.7 Å². The Morgan fingerprint density at radius 2 is 2.00 bits per heavy atom. The Labute approximate surface area is 85.7 Å². The number of aliphatic hydroxyl groups excluding tert-OH is 2. The van der Waals surface area contributed by atoms with Crippen LogP contribution in [0.3, 0.4) is 0 Å². The van der Waals surface area contributed by atoms with Gasteiger partial charge in [-0.05, 0) is 24.7 Å². The molecule has 1 aliphatic carbocycles. The second-order valence-corrected chi connectivity index (χ2v) is 4.82. The van der Waals surface area contributed by atoms with Crippen molar-refractivity contribution in [2.75, 3.05) is 26.2 Å². The first-order valence-corrected chi connectivity index (χ1v) is 5.81. The Hall–Kier alpha value is -0.120. The van der Waals surface area contributed by atoms with Crippen LogP contribution < -0.4 is 0 Å². The highest BCUT2D eigenvalue weighted by Crippen LogP contribution is 2.37. The number of hydrogen-bond donors (Lipinski definition) is 2. The van der Waals surface area contributed by atoms with Crippen LogP contribution in [0.2, 0.25) is 0 Å². The molecule has 2 aliphatic rings. The van der Waals surface area contributed by atoms with Gasteiger partial charge < -0.3 is 15.1 Å². The van der Waals surface area contributed by atoms with Gasteiger partial charge in [-0.15, -0.1) is 0 Å². The van der Waals surface area contributed by atoms with Crippen LogP contribution in [0.4, 0.5) is 0 Å². The Kier molecular flexibility index (Phi) is 3.42. The molecule has 2 fully saturated rings. The van der Waals surface area contributed by atoms with Crippen LogP contribution >= 0.6 is 0 Å². The number of hydrogen-bond acceptors (Lipinski definition) is 3. The number of β-amino-alcohol motifs (C(OH)–C–C–N with tert-alkyl or cyclic N) is 1. The molecule has 0 aromatic carbocycles. The van der Waals surface area contributed by atoms with Gasteiger partial charge in [-0.2, -0.15) is 0 Å². The van der Waals surface area contributed by atoms with Crippen LogP contribution in [-0.4, -0.2) is 47.5 Å². The third-order valence-corrected chi connectivity index (χ3v) is 3.53. The zero-order valence-electron chi connectivity index (χ0n) is 8.73. The molecule has 0 radical (unpaired) electrons. The van der Waals surface area contributed by atoms with Gasteiger partial charge in [0.25, 0.3) is 0 Å². The molecule has 2 rings (SSSR count). The summed E-state index contributed by atoms with van der Waals surface area (Å²) in [7, 11) is 0. The average molecular weight is 199 g/mol. The van der Waals surface area contributed by atoms with Gasteiger partial charge >= 0.3 is 0 Å². The van der Waals surface area contributed by atoms with E-state index in [9.17, 15) is 5.11 Å². The lowest BCUT2D eigenvalue weighted by Gasteiger charge is -2.36. The van der Waals surface area contributed by atoms with E-state index in [0.29, 0.717) is 5.92 Å². The molecule has 0 bridgehead atoms. The number of rotatable bonds is 4. The van der Waals surface area contributed by atoms with Gasteiger partial charge in [0.15, 0.2) is 0 Å². The van der Waals surface area contributed by atoms with E-state index >= 15 is 0 Å². The number of likely N-dealkylation sites (tertiary alicyclic amines) is 1. The highest BCUT2D eigenvalue weighted by atomic mass is 16.3. The van der Waals surface area contributed by atoms with E-state index in [-0.39, 0.29) is 12.7 Å². The van der Waals surface area contributed by atoms with Crippen molar-refractivity contribution in [3.8, 4) is 0 Å². The summed E-state index contributed by atoms with van der Waals surface area (Å²) in [5, 5.41) is 18.7. The summed E-state index contributed by atoms with van der Waals surface area (Å²) < 4.78 is 0. The highest BCUT2D eigenvalue weighted by molar-refractivity contribution is 4.85. The van der Waals surface area contributed by atoms with Crippen LogP contribution in [0.15, 0.2) is 0 Å². The molecular formula is C11H21NO2. The zero-order chi connectivity index (χ0) is 9.97. The quantitative estimate of drug-likeness (QED) is 0.691. The maximum Gasteiger partial charge on any atom is 0.0592 e. The molecule has 0 aromatic rings. The minimum Gasteiger partial charge on any atom is -0.395 e. The summed E-state index contributed by atoms with van der Waals surface area (Å²) in [5.41, 5.74) is 0. The van der Waals surface area contributed by atoms with Crippen molar-refractivity contribution in [1.82, 2.24) is 4.90 Å². The molecule has 1 heterocycles. The molecule has 0 amide bonds. The van der Waals surface area contributed by atoms with E-state index in [1.807, 2.05) is 0 Å². The van der Waals surface area contributed by atoms with Crippen molar-refractivity contribution in [2.24, 2.45) is 11.8 Å². The molecule has 14 heavy (non-hydrogen) atoms. The van der Waals surface area contributed by atoms with Crippen LogP contribution in [0.5, 0.6) is 0 Å². The minimum absolute atomic E-state index is 0.0921.